The van der Waals surface area contributed by atoms with E-state index < -0.39 is 28.2 Å². The third kappa shape index (κ3) is 5.99. The maximum atomic E-state index is 14.0. The summed E-state index contributed by atoms with van der Waals surface area (Å²) in [6.07, 6.45) is 1.21. The third-order valence-electron chi connectivity index (χ3n) is 6.52. The van der Waals surface area contributed by atoms with Crippen molar-refractivity contribution in [2.45, 2.75) is 25.2 Å². The summed E-state index contributed by atoms with van der Waals surface area (Å²) in [4.78, 5) is 37.8. The minimum atomic E-state index is -1.18. The predicted molar refractivity (Wildman–Crippen MR) is 140 cm³/mol. The molecular formula is C27H24BrF2N3O5. The molecule has 0 bridgehead atoms. The molecule has 0 saturated carbocycles. The highest BCUT2D eigenvalue weighted by molar-refractivity contribution is 9.10. The van der Waals surface area contributed by atoms with Gasteiger partial charge in [-0.2, -0.15) is 4.39 Å². The summed E-state index contributed by atoms with van der Waals surface area (Å²) in [5.74, 6) is -3.27. The monoisotopic (exact) mass is 587 g/mol. The summed E-state index contributed by atoms with van der Waals surface area (Å²) in [6.45, 7) is 0.880. The number of amides is 2. The number of ether oxygens (including phenoxy) is 1. The summed E-state index contributed by atoms with van der Waals surface area (Å²) in [7, 11) is 1.19. The van der Waals surface area contributed by atoms with Crippen LogP contribution < -0.4 is 10.1 Å². The smallest absolute Gasteiger partial charge is 0.273 e. The Balaban J connectivity index is 1.35. The molecule has 3 aromatic rings. The molecule has 1 heterocycles. The van der Waals surface area contributed by atoms with Crippen molar-refractivity contribution in [2.24, 2.45) is 0 Å². The van der Waals surface area contributed by atoms with Gasteiger partial charge in [0.25, 0.3) is 11.6 Å². The number of rotatable bonds is 7. The molecule has 0 atom stereocenters. The fourth-order valence-electron chi connectivity index (χ4n) is 4.58. The fraction of sp³-hybridized carbons (Fsp3) is 0.259. The molecule has 0 aliphatic carbocycles. The fourth-order valence-corrected chi connectivity index (χ4v) is 4.99. The molecule has 0 spiro atoms. The van der Waals surface area contributed by atoms with Gasteiger partial charge in [0, 0.05) is 34.9 Å². The summed E-state index contributed by atoms with van der Waals surface area (Å²) < 4.78 is 33.1. The molecule has 38 heavy (non-hydrogen) atoms. The van der Waals surface area contributed by atoms with E-state index >= 15 is 0 Å². The Hall–Kier alpha value is -3.86. The van der Waals surface area contributed by atoms with Crippen molar-refractivity contribution in [3.05, 3.63) is 97.5 Å². The molecule has 0 radical (unpaired) electrons. The minimum Gasteiger partial charge on any atom is -0.493 e. The lowest BCUT2D eigenvalue weighted by Crippen LogP contribution is -2.38. The van der Waals surface area contributed by atoms with E-state index in [1.807, 2.05) is 12.1 Å². The van der Waals surface area contributed by atoms with Crippen LogP contribution in [0.25, 0.3) is 0 Å². The number of anilines is 1. The van der Waals surface area contributed by atoms with Crippen molar-refractivity contribution in [3.8, 4) is 5.75 Å². The van der Waals surface area contributed by atoms with Gasteiger partial charge < -0.3 is 15.0 Å². The summed E-state index contributed by atoms with van der Waals surface area (Å²) in [5.41, 5.74) is 1.78. The van der Waals surface area contributed by atoms with Crippen molar-refractivity contribution in [1.82, 2.24) is 4.90 Å². The average Bonchev–Trinajstić information content (AvgIpc) is 2.90. The van der Waals surface area contributed by atoms with Crippen LogP contribution in [0.2, 0.25) is 0 Å². The molecule has 1 aliphatic rings. The molecule has 0 unspecified atom stereocenters. The lowest BCUT2D eigenvalue weighted by atomic mass is 9.89. The van der Waals surface area contributed by atoms with Gasteiger partial charge in [-0.15, -0.1) is 0 Å². The SMILES string of the molecule is COc1c(C(=O)N2CCC(c3ccc(NC(=O)Cc4cc(Br)ccc4[N+](=O)[O-])cc3)CC2)ccc(F)c1F. The molecule has 8 nitrogen and oxygen atoms in total. The number of nitro benzene ring substituents is 1. The van der Waals surface area contributed by atoms with Crippen LogP contribution in [0.5, 0.6) is 5.75 Å². The average molecular weight is 588 g/mol. The Morgan fingerprint density at radius 2 is 1.79 bits per heavy atom. The topological polar surface area (TPSA) is 102 Å². The van der Waals surface area contributed by atoms with Crippen molar-refractivity contribution in [1.29, 1.82) is 0 Å². The predicted octanol–water partition coefficient (Wildman–Crippen LogP) is 5.85. The Bertz CT molecular complexity index is 1380. The highest BCUT2D eigenvalue weighted by atomic mass is 79.9. The lowest BCUT2D eigenvalue weighted by molar-refractivity contribution is -0.385. The molecule has 1 N–H and O–H groups in total. The van der Waals surface area contributed by atoms with Crippen LogP contribution in [0, 0.1) is 21.7 Å². The van der Waals surface area contributed by atoms with E-state index in [9.17, 15) is 28.5 Å². The molecule has 198 valence electrons. The zero-order valence-corrected chi connectivity index (χ0v) is 22.0. The van der Waals surface area contributed by atoms with Gasteiger partial charge in [0.15, 0.2) is 11.6 Å². The number of likely N-dealkylation sites (tertiary alicyclic amines) is 1. The normalized spacial score (nSPS) is 13.7. The first kappa shape index (κ1) is 27.2. The van der Waals surface area contributed by atoms with Gasteiger partial charge in [-0.3, -0.25) is 19.7 Å². The zero-order chi connectivity index (χ0) is 27.4. The molecule has 11 heteroatoms. The second-order valence-corrected chi connectivity index (χ2v) is 9.80. The Morgan fingerprint density at radius 3 is 2.42 bits per heavy atom. The van der Waals surface area contributed by atoms with Crippen LogP contribution in [0.4, 0.5) is 20.2 Å². The lowest BCUT2D eigenvalue weighted by Gasteiger charge is -2.32. The van der Waals surface area contributed by atoms with Crippen molar-refractivity contribution in [3.63, 3.8) is 0 Å². The van der Waals surface area contributed by atoms with Gasteiger partial charge in [0.05, 0.1) is 24.0 Å². The molecular weight excluding hydrogens is 564 g/mol. The first-order valence-electron chi connectivity index (χ1n) is 11.8. The highest BCUT2D eigenvalue weighted by Crippen LogP contribution is 2.32. The number of methoxy groups -OCH3 is 1. The molecule has 4 rings (SSSR count). The van der Waals surface area contributed by atoms with Crippen molar-refractivity contribution < 1.29 is 28.0 Å². The minimum absolute atomic E-state index is 0.0156. The van der Waals surface area contributed by atoms with Gasteiger partial charge in [-0.05, 0) is 60.7 Å². The maximum Gasteiger partial charge on any atom is 0.273 e. The highest BCUT2D eigenvalue weighted by Gasteiger charge is 2.28. The number of carbonyl (C=O) groups excluding carboxylic acids is 2. The number of halogens is 3. The van der Waals surface area contributed by atoms with Gasteiger partial charge in [0.1, 0.15) is 0 Å². The number of piperidine rings is 1. The largest absolute Gasteiger partial charge is 0.493 e. The first-order chi connectivity index (χ1) is 18.2. The van der Waals surface area contributed by atoms with Crippen molar-refractivity contribution >= 4 is 39.1 Å². The van der Waals surface area contributed by atoms with Gasteiger partial charge in [0.2, 0.25) is 11.7 Å². The second-order valence-electron chi connectivity index (χ2n) is 8.89. The number of nitrogens with one attached hydrogen (secondary N) is 1. The molecule has 2 amide bonds. The van der Waals surface area contributed by atoms with E-state index in [2.05, 4.69) is 21.2 Å². The van der Waals surface area contributed by atoms with E-state index in [0.29, 0.717) is 41.7 Å². The molecule has 3 aromatic carbocycles. The Labute approximate surface area is 225 Å². The first-order valence-corrected chi connectivity index (χ1v) is 12.6. The number of hydrogen-bond acceptors (Lipinski definition) is 5. The number of benzene rings is 3. The quantitative estimate of drug-likeness (QED) is 0.276. The zero-order valence-electron chi connectivity index (χ0n) is 20.4. The van der Waals surface area contributed by atoms with E-state index in [-0.39, 0.29) is 29.5 Å². The van der Waals surface area contributed by atoms with Crippen molar-refractivity contribution in [2.75, 3.05) is 25.5 Å². The Morgan fingerprint density at radius 1 is 1.11 bits per heavy atom. The maximum absolute atomic E-state index is 14.0. The molecule has 0 aromatic heterocycles. The van der Waals surface area contributed by atoms with E-state index in [0.717, 1.165) is 11.6 Å². The number of hydrogen-bond donors (Lipinski definition) is 1. The molecule has 1 fully saturated rings. The third-order valence-corrected chi connectivity index (χ3v) is 7.02. The summed E-state index contributed by atoms with van der Waals surface area (Å²) >= 11 is 3.27. The molecule has 1 saturated heterocycles. The standard InChI is InChI=1S/C27H24BrF2N3O5/c1-38-26-21(7-8-22(29)25(26)30)27(35)32-12-10-17(11-13-32)16-2-5-20(6-3-16)31-24(34)15-18-14-19(28)4-9-23(18)33(36)37/h2-9,14,17H,10-13,15H2,1H3,(H,31,34). The number of nitrogens with zero attached hydrogens (tertiary/aromatic N) is 2. The number of carbonyl (C=O) groups is 2. The van der Waals surface area contributed by atoms with E-state index in [1.54, 1.807) is 29.2 Å². The summed E-state index contributed by atoms with van der Waals surface area (Å²) in [5, 5.41) is 14.0. The van der Waals surface area contributed by atoms with Crippen LogP contribution in [0.15, 0.2) is 59.1 Å². The van der Waals surface area contributed by atoms with Gasteiger partial charge in [-0.1, -0.05) is 28.1 Å². The molecule has 1 aliphatic heterocycles. The van der Waals surface area contributed by atoms with Crippen LogP contribution in [0.3, 0.4) is 0 Å². The van der Waals surface area contributed by atoms with E-state index in [1.165, 1.54) is 19.2 Å². The van der Waals surface area contributed by atoms with Gasteiger partial charge >= 0.3 is 0 Å². The van der Waals surface area contributed by atoms with E-state index in [4.69, 9.17) is 4.74 Å². The van der Waals surface area contributed by atoms with Crippen LogP contribution in [0.1, 0.15) is 40.2 Å². The Kier molecular flexibility index (Phi) is 8.35. The van der Waals surface area contributed by atoms with Gasteiger partial charge in [-0.25, -0.2) is 4.39 Å². The van der Waals surface area contributed by atoms with Crippen LogP contribution in [-0.2, 0) is 11.2 Å². The summed E-state index contributed by atoms with van der Waals surface area (Å²) in [6, 6.07) is 14.0. The number of nitro groups is 1. The van der Waals surface area contributed by atoms with Crippen LogP contribution in [-0.4, -0.2) is 41.8 Å². The van der Waals surface area contributed by atoms with Crippen LogP contribution >= 0.6 is 15.9 Å². The second kappa shape index (κ2) is 11.7.